The van der Waals surface area contributed by atoms with Gasteiger partial charge >= 0.3 is 35.6 Å². The minimum Gasteiger partial charge on any atom is -0.306 e. The highest BCUT2D eigenvalue weighted by Gasteiger charge is 2.96. The Bertz CT molecular complexity index is 981. The number of nitrogens with zero attached hydrogens (tertiary/aromatic N) is 2. The van der Waals surface area contributed by atoms with Gasteiger partial charge in [-0.25, -0.2) is 0 Å². The van der Waals surface area contributed by atoms with Gasteiger partial charge in [0.15, 0.2) is 0 Å². The van der Waals surface area contributed by atoms with Crippen LogP contribution in [-0.4, -0.2) is 66.7 Å². The maximum atomic E-state index is 14.9. The highest BCUT2D eigenvalue weighted by Crippen LogP contribution is 2.65. The Balaban J connectivity index is 0.00000204. The molecule has 1 aromatic carbocycles. The van der Waals surface area contributed by atoms with E-state index in [1.54, 1.807) is 20.0 Å². The van der Waals surface area contributed by atoms with Crippen LogP contribution in [0, 0.1) is 6.92 Å². The van der Waals surface area contributed by atoms with Crippen LogP contribution in [-0.2, 0) is 9.53 Å². The van der Waals surface area contributed by atoms with Gasteiger partial charge in [0.05, 0.1) is 0 Å². The second-order valence-electron chi connectivity index (χ2n) is 8.40. The maximum absolute atomic E-state index is 14.9. The number of hydrogen-bond donors (Lipinski definition) is 0. The van der Waals surface area contributed by atoms with Crippen LogP contribution >= 0.6 is 24.8 Å². The molecule has 0 radical (unpaired) electrons. The fourth-order valence-electron chi connectivity index (χ4n) is 4.59. The summed E-state index contributed by atoms with van der Waals surface area (Å²) in [7, 11) is 1.72. The lowest BCUT2D eigenvalue weighted by molar-refractivity contribution is -0.366. The zero-order chi connectivity index (χ0) is 24.1. The fraction of sp³-hybridized carbons (Fsp3) is 0.632. The number of benzene rings is 1. The standard InChI is InChI=1S/C19H17F9N2O2.2ClH/c1-9-3-4-12-10(7-9)11-8-29(2)6-5-13(11)30(12)14(31)15(20,21)18(26)16(22,23)17(24,25)19(27,28)32-18;;/h3-4,7,11,13H,5-6,8H2,1-2H3;2*1H. The number of hydrogen-bond acceptors (Lipinski definition) is 3. The van der Waals surface area contributed by atoms with Crippen molar-refractivity contribution in [2.75, 3.05) is 25.0 Å². The van der Waals surface area contributed by atoms with Gasteiger partial charge in [0.2, 0.25) is 0 Å². The molecule has 3 atom stereocenters. The first-order valence-corrected chi connectivity index (χ1v) is 9.52. The molecule has 3 aliphatic rings. The third kappa shape index (κ3) is 3.40. The lowest BCUT2D eigenvalue weighted by atomic mass is 9.88. The Morgan fingerprint density at radius 3 is 2.18 bits per heavy atom. The van der Waals surface area contributed by atoms with Gasteiger partial charge in [-0.15, -0.1) is 24.8 Å². The monoisotopic (exact) mass is 548 g/mol. The molecule has 0 aliphatic carbocycles. The molecule has 2 saturated heterocycles. The van der Waals surface area contributed by atoms with Gasteiger partial charge in [0.1, 0.15) is 0 Å². The van der Waals surface area contributed by atoms with Crippen LogP contribution in [0.2, 0.25) is 0 Å². The Morgan fingerprint density at radius 2 is 1.65 bits per heavy atom. The van der Waals surface area contributed by atoms with Gasteiger partial charge in [-0.1, -0.05) is 17.7 Å². The average Bonchev–Trinajstić information content (AvgIpc) is 3.03. The topological polar surface area (TPSA) is 32.8 Å². The number of carbonyl (C=O) groups excluding carboxylic acids is 1. The predicted molar refractivity (Wildman–Crippen MR) is 107 cm³/mol. The first kappa shape index (κ1) is 28.8. The van der Waals surface area contributed by atoms with E-state index in [2.05, 4.69) is 4.74 Å². The first-order chi connectivity index (χ1) is 14.5. The zero-order valence-corrected chi connectivity index (χ0v) is 19.1. The van der Waals surface area contributed by atoms with Crippen molar-refractivity contribution in [1.82, 2.24) is 4.90 Å². The molecule has 2 fully saturated rings. The molecule has 0 N–H and O–H groups in total. The van der Waals surface area contributed by atoms with Crippen LogP contribution in [0.4, 0.5) is 45.2 Å². The largest absolute Gasteiger partial charge is 0.428 e. The number of anilines is 1. The third-order valence-corrected chi connectivity index (χ3v) is 6.28. The van der Waals surface area contributed by atoms with E-state index in [0.29, 0.717) is 22.6 Å². The Hall–Kier alpha value is -1.44. The second kappa shape index (κ2) is 8.31. The van der Waals surface area contributed by atoms with Crippen LogP contribution in [0.3, 0.4) is 0 Å². The molecular formula is C19H19Cl2F9N2O2. The molecule has 3 heterocycles. The molecule has 34 heavy (non-hydrogen) atoms. The van der Waals surface area contributed by atoms with Crippen LogP contribution < -0.4 is 4.90 Å². The van der Waals surface area contributed by atoms with E-state index >= 15 is 0 Å². The highest BCUT2D eigenvalue weighted by molar-refractivity contribution is 6.02. The van der Waals surface area contributed by atoms with Crippen molar-refractivity contribution in [2.24, 2.45) is 0 Å². The number of likely N-dealkylation sites (N-methyl/N-ethyl adjacent to an activating group) is 1. The molecule has 0 spiro atoms. The molecule has 3 aliphatic heterocycles. The summed E-state index contributed by atoms with van der Waals surface area (Å²) in [5.74, 6) is -28.9. The molecule has 15 heteroatoms. The number of rotatable bonds is 2. The maximum Gasteiger partial charge on any atom is 0.428 e. The number of amides is 1. The number of ether oxygens (including phenoxy) is 1. The summed E-state index contributed by atoms with van der Waals surface area (Å²) in [6, 6.07) is 3.19. The van der Waals surface area contributed by atoms with Crippen molar-refractivity contribution in [2.45, 2.75) is 55.0 Å². The lowest BCUT2D eigenvalue weighted by Crippen LogP contribution is -2.66. The van der Waals surface area contributed by atoms with Crippen LogP contribution in [0.5, 0.6) is 0 Å². The number of piperidine rings is 1. The summed E-state index contributed by atoms with van der Waals surface area (Å²) in [5, 5.41) is 0. The third-order valence-electron chi connectivity index (χ3n) is 6.28. The van der Waals surface area contributed by atoms with Gasteiger partial charge in [-0.3, -0.25) is 9.53 Å². The summed E-state index contributed by atoms with van der Waals surface area (Å²) >= 11 is 0. The molecular weight excluding hydrogens is 530 g/mol. The van der Waals surface area contributed by atoms with Crippen molar-refractivity contribution in [3.05, 3.63) is 29.3 Å². The van der Waals surface area contributed by atoms with Crippen LogP contribution in [0.15, 0.2) is 18.2 Å². The smallest absolute Gasteiger partial charge is 0.306 e. The van der Waals surface area contributed by atoms with E-state index in [4.69, 9.17) is 0 Å². The zero-order valence-electron chi connectivity index (χ0n) is 17.4. The van der Waals surface area contributed by atoms with Gasteiger partial charge in [0.25, 0.3) is 0 Å². The molecule has 194 valence electrons. The van der Waals surface area contributed by atoms with Crippen LogP contribution in [0.1, 0.15) is 23.5 Å². The minimum atomic E-state index is -6.70. The molecule has 1 aromatic rings. The van der Waals surface area contributed by atoms with E-state index in [1.165, 1.54) is 12.1 Å². The molecule has 1 amide bonds. The minimum absolute atomic E-state index is 0. The molecule has 0 aromatic heterocycles. The van der Waals surface area contributed by atoms with Crippen molar-refractivity contribution < 1.29 is 49.0 Å². The molecule has 4 rings (SSSR count). The van der Waals surface area contributed by atoms with E-state index < -0.39 is 47.6 Å². The van der Waals surface area contributed by atoms with Crippen molar-refractivity contribution in [3.8, 4) is 0 Å². The molecule has 0 saturated carbocycles. The fourth-order valence-corrected chi connectivity index (χ4v) is 4.59. The Kier molecular flexibility index (Phi) is 7.04. The van der Waals surface area contributed by atoms with Crippen molar-refractivity contribution in [3.63, 3.8) is 0 Å². The number of likely N-dealkylation sites (tertiary alicyclic amines) is 1. The molecule has 3 unspecified atom stereocenters. The number of carbonyl (C=O) groups is 1. The molecule has 4 nitrogen and oxygen atoms in total. The number of fused-ring (bicyclic) bond motifs is 3. The van der Waals surface area contributed by atoms with Gasteiger partial charge in [-0.05, 0) is 38.6 Å². The molecule has 0 bridgehead atoms. The summed E-state index contributed by atoms with van der Waals surface area (Å²) < 4.78 is 129. The summed E-state index contributed by atoms with van der Waals surface area (Å²) in [6.07, 6.45) is -6.20. The van der Waals surface area contributed by atoms with Crippen molar-refractivity contribution >= 4 is 36.4 Å². The quantitative estimate of drug-likeness (QED) is 0.478. The summed E-state index contributed by atoms with van der Waals surface area (Å²) in [6.45, 7) is 2.25. The normalized spacial score (nSPS) is 31.2. The Labute approximate surface area is 200 Å². The summed E-state index contributed by atoms with van der Waals surface area (Å²) in [4.78, 5) is 14.9. The van der Waals surface area contributed by atoms with Crippen LogP contribution in [0.25, 0.3) is 0 Å². The highest BCUT2D eigenvalue weighted by atomic mass is 35.5. The predicted octanol–water partition coefficient (Wildman–Crippen LogP) is 5.17. The van der Waals surface area contributed by atoms with Gasteiger partial charge in [-0.2, -0.15) is 39.5 Å². The number of aryl methyl sites for hydroxylation is 1. The SMILES string of the molecule is Cc1ccc2c(c1)C1CN(C)CCC1N2C(=O)C(F)(F)C1(F)OC(F)(F)C(F)(F)C1(F)F.Cl.Cl. The van der Waals surface area contributed by atoms with Crippen molar-refractivity contribution in [1.29, 1.82) is 0 Å². The van der Waals surface area contributed by atoms with E-state index in [-0.39, 0.29) is 43.5 Å². The average molecular weight is 549 g/mol. The first-order valence-electron chi connectivity index (χ1n) is 9.52. The van der Waals surface area contributed by atoms with Gasteiger partial charge in [0, 0.05) is 24.2 Å². The number of alkyl halides is 9. The summed E-state index contributed by atoms with van der Waals surface area (Å²) in [5.41, 5.74) is 0.922. The van der Waals surface area contributed by atoms with E-state index in [9.17, 15) is 44.3 Å². The second-order valence-corrected chi connectivity index (χ2v) is 8.40. The lowest BCUT2D eigenvalue weighted by Gasteiger charge is -2.39. The Morgan fingerprint density at radius 1 is 1.06 bits per heavy atom. The van der Waals surface area contributed by atoms with E-state index in [1.807, 2.05) is 4.90 Å². The van der Waals surface area contributed by atoms with E-state index in [0.717, 1.165) is 0 Å². The van der Waals surface area contributed by atoms with Gasteiger partial charge < -0.3 is 9.80 Å². The number of halogens is 11.